The van der Waals surface area contributed by atoms with Gasteiger partial charge in [0.2, 0.25) is 15.9 Å². The van der Waals surface area contributed by atoms with Crippen molar-refractivity contribution in [3.63, 3.8) is 0 Å². The van der Waals surface area contributed by atoms with Crippen LogP contribution in [0.2, 0.25) is 0 Å². The Bertz CT molecular complexity index is 604. The van der Waals surface area contributed by atoms with Gasteiger partial charge in [-0.05, 0) is 29.9 Å². The van der Waals surface area contributed by atoms with Gasteiger partial charge in [0.15, 0.2) is 0 Å². The quantitative estimate of drug-likeness (QED) is 0.876. The highest BCUT2D eigenvalue weighted by Crippen LogP contribution is 2.26. The topological polar surface area (TPSA) is 89.3 Å². The Balaban J connectivity index is 2.77. The summed E-state index contributed by atoms with van der Waals surface area (Å²) in [7, 11) is -3.85. The van der Waals surface area contributed by atoms with E-state index < -0.39 is 10.0 Å². The van der Waals surface area contributed by atoms with Crippen molar-refractivity contribution in [3.05, 3.63) is 24.3 Å². The monoisotopic (exact) mass is 312 g/mol. The van der Waals surface area contributed by atoms with Gasteiger partial charge in [-0.2, -0.15) is 0 Å². The van der Waals surface area contributed by atoms with Crippen molar-refractivity contribution in [2.24, 2.45) is 16.5 Å². The van der Waals surface area contributed by atoms with E-state index in [1.165, 1.54) is 12.1 Å². The normalized spacial score (nSPS) is 13.8. The highest BCUT2D eigenvalue weighted by molar-refractivity contribution is 7.89. The van der Waals surface area contributed by atoms with Crippen LogP contribution in [-0.2, 0) is 14.8 Å². The average molecular weight is 312 g/mol. The average Bonchev–Trinajstić information content (AvgIpc) is 2.24. The van der Waals surface area contributed by atoms with Gasteiger partial charge in [0.05, 0.1) is 5.69 Å². The first-order valence-electron chi connectivity index (χ1n) is 6.91. The van der Waals surface area contributed by atoms with E-state index >= 15 is 0 Å². The van der Waals surface area contributed by atoms with Gasteiger partial charge in [-0.1, -0.05) is 39.8 Å². The molecular formula is C15H24N2O3S. The molecule has 1 aromatic rings. The van der Waals surface area contributed by atoms with Crippen LogP contribution in [0.3, 0.4) is 0 Å². The Labute approximate surface area is 127 Å². The van der Waals surface area contributed by atoms with Crippen molar-refractivity contribution in [1.82, 2.24) is 0 Å². The second-order valence-electron chi connectivity index (χ2n) is 6.66. The third kappa shape index (κ3) is 6.27. The number of benzene rings is 1. The molecule has 3 N–H and O–H groups in total. The summed E-state index contributed by atoms with van der Waals surface area (Å²) in [5.74, 6) is 0.00879. The van der Waals surface area contributed by atoms with Crippen molar-refractivity contribution in [3.8, 4) is 0 Å². The number of rotatable bonds is 5. The van der Waals surface area contributed by atoms with Crippen molar-refractivity contribution in [1.29, 1.82) is 0 Å². The third-order valence-corrected chi connectivity index (χ3v) is 3.93. The smallest absolute Gasteiger partial charge is 0.240 e. The number of nitrogens with one attached hydrogen (secondary N) is 1. The maximum atomic E-state index is 12.0. The van der Waals surface area contributed by atoms with Crippen LogP contribution in [0.25, 0.3) is 0 Å². The van der Waals surface area contributed by atoms with Gasteiger partial charge in [-0.25, -0.2) is 13.6 Å². The minimum Gasteiger partial charge on any atom is -0.325 e. The Morgan fingerprint density at radius 1 is 1.29 bits per heavy atom. The van der Waals surface area contributed by atoms with Crippen LogP contribution in [0, 0.1) is 11.3 Å². The molecule has 5 nitrogen and oxygen atoms in total. The largest absolute Gasteiger partial charge is 0.325 e. The molecule has 0 fully saturated rings. The second kappa shape index (κ2) is 6.58. The lowest BCUT2D eigenvalue weighted by molar-refractivity contribution is -0.117. The van der Waals surface area contributed by atoms with Crippen LogP contribution in [-0.4, -0.2) is 14.3 Å². The zero-order valence-electron chi connectivity index (χ0n) is 13.0. The molecule has 0 aliphatic carbocycles. The molecular weight excluding hydrogens is 288 g/mol. The number of para-hydroxylation sites is 1. The fourth-order valence-electron chi connectivity index (χ4n) is 2.45. The number of primary sulfonamides is 1. The van der Waals surface area contributed by atoms with Crippen molar-refractivity contribution in [2.75, 3.05) is 5.32 Å². The fraction of sp³-hybridized carbons (Fsp3) is 0.533. The zero-order chi connectivity index (χ0) is 16.3. The molecule has 0 radical (unpaired) electrons. The van der Waals surface area contributed by atoms with E-state index in [9.17, 15) is 13.2 Å². The first kappa shape index (κ1) is 17.7. The maximum Gasteiger partial charge on any atom is 0.240 e. The lowest BCUT2D eigenvalue weighted by Crippen LogP contribution is -2.21. The molecule has 1 aromatic carbocycles. The number of amides is 1. The van der Waals surface area contributed by atoms with Crippen LogP contribution < -0.4 is 10.5 Å². The predicted octanol–water partition coefficient (Wildman–Crippen LogP) is 2.73. The van der Waals surface area contributed by atoms with Crippen molar-refractivity contribution in [2.45, 2.75) is 45.4 Å². The molecule has 0 aliphatic rings. The van der Waals surface area contributed by atoms with E-state index in [4.69, 9.17) is 5.14 Å². The van der Waals surface area contributed by atoms with E-state index in [0.717, 1.165) is 6.42 Å². The van der Waals surface area contributed by atoms with Gasteiger partial charge in [0.25, 0.3) is 0 Å². The fourth-order valence-corrected chi connectivity index (χ4v) is 3.15. The molecule has 0 aliphatic heterocycles. The van der Waals surface area contributed by atoms with Crippen molar-refractivity contribution < 1.29 is 13.2 Å². The summed E-state index contributed by atoms with van der Waals surface area (Å²) in [5, 5.41) is 7.77. The molecule has 1 amide bonds. The Hall–Kier alpha value is -1.40. The number of carbonyl (C=O) groups is 1. The number of nitrogens with two attached hydrogens (primary N) is 1. The second-order valence-corrected chi connectivity index (χ2v) is 8.19. The highest BCUT2D eigenvalue weighted by atomic mass is 32.2. The van der Waals surface area contributed by atoms with Gasteiger partial charge in [0, 0.05) is 6.42 Å². The summed E-state index contributed by atoms with van der Waals surface area (Å²) in [5.41, 5.74) is 0.381. The van der Waals surface area contributed by atoms with Crippen LogP contribution >= 0.6 is 0 Å². The van der Waals surface area contributed by atoms with Gasteiger partial charge in [0.1, 0.15) is 4.90 Å². The lowest BCUT2D eigenvalue weighted by atomic mass is 9.84. The summed E-state index contributed by atoms with van der Waals surface area (Å²) in [4.78, 5) is 12.0. The van der Waals surface area contributed by atoms with Crippen LogP contribution in [0.5, 0.6) is 0 Å². The third-order valence-electron chi connectivity index (χ3n) is 2.96. The first-order chi connectivity index (χ1) is 9.49. The van der Waals surface area contributed by atoms with E-state index in [1.807, 2.05) is 6.92 Å². The molecule has 21 heavy (non-hydrogen) atoms. The number of hydrogen-bond acceptors (Lipinski definition) is 3. The minimum absolute atomic E-state index is 0.0678. The summed E-state index contributed by atoms with van der Waals surface area (Å²) in [6.45, 7) is 8.38. The Kier molecular flexibility index (Phi) is 5.53. The van der Waals surface area contributed by atoms with Crippen LogP contribution in [0.4, 0.5) is 5.69 Å². The summed E-state index contributed by atoms with van der Waals surface area (Å²) in [6.07, 6.45) is 1.26. The minimum atomic E-state index is -3.85. The molecule has 0 saturated heterocycles. The van der Waals surface area contributed by atoms with E-state index in [1.54, 1.807) is 12.1 Å². The summed E-state index contributed by atoms with van der Waals surface area (Å²) < 4.78 is 22.9. The molecule has 1 rings (SSSR count). The van der Waals surface area contributed by atoms with Crippen LogP contribution in [0.1, 0.15) is 40.5 Å². The predicted molar refractivity (Wildman–Crippen MR) is 84.3 cm³/mol. The van der Waals surface area contributed by atoms with Gasteiger partial charge >= 0.3 is 0 Å². The maximum absolute atomic E-state index is 12.0. The molecule has 0 aromatic heterocycles. The summed E-state index contributed by atoms with van der Waals surface area (Å²) >= 11 is 0. The summed E-state index contributed by atoms with van der Waals surface area (Å²) in [6, 6.07) is 6.14. The van der Waals surface area contributed by atoms with E-state index in [0.29, 0.717) is 6.42 Å². The van der Waals surface area contributed by atoms with E-state index in [2.05, 4.69) is 26.1 Å². The Morgan fingerprint density at radius 2 is 1.86 bits per heavy atom. The number of hydrogen-bond donors (Lipinski definition) is 2. The van der Waals surface area contributed by atoms with Gasteiger partial charge in [-0.3, -0.25) is 4.79 Å². The van der Waals surface area contributed by atoms with Crippen molar-refractivity contribution >= 4 is 21.6 Å². The number of anilines is 1. The molecule has 0 heterocycles. The number of sulfonamides is 1. The number of carbonyl (C=O) groups excluding carboxylic acids is 1. The molecule has 0 spiro atoms. The lowest BCUT2D eigenvalue weighted by Gasteiger charge is -2.22. The Morgan fingerprint density at radius 3 is 2.38 bits per heavy atom. The van der Waals surface area contributed by atoms with Crippen LogP contribution in [0.15, 0.2) is 29.2 Å². The van der Waals surface area contributed by atoms with E-state index in [-0.39, 0.29) is 27.8 Å². The first-order valence-corrected chi connectivity index (χ1v) is 8.45. The highest BCUT2D eigenvalue weighted by Gasteiger charge is 2.19. The van der Waals surface area contributed by atoms with Gasteiger partial charge < -0.3 is 5.32 Å². The molecule has 1 atom stereocenters. The molecule has 118 valence electrons. The molecule has 0 bridgehead atoms. The molecule has 1 unspecified atom stereocenters. The van der Waals surface area contributed by atoms with Gasteiger partial charge in [-0.15, -0.1) is 0 Å². The zero-order valence-corrected chi connectivity index (χ0v) is 13.8. The standard InChI is InChI=1S/C15H24N2O3S/c1-11(10-15(2,3)4)9-14(18)17-12-7-5-6-8-13(12)21(16,19)20/h5-8,11H,9-10H2,1-4H3,(H,17,18)(H2,16,19,20). The molecule has 0 saturated carbocycles. The molecule has 6 heteroatoms. The SMILES string of the molecule is CC(CC(=O)Nc1ccccc1S(N)(=O)=O)CC(C)(C)C.